The fraction of sp³-hybridized carbons (Fsp3) is 0.533. The number of piperazine rings is 1. The van der Waals surface area contributed by atoms with Gasteiger partial charge in [0.05, 0.1) is 6.54 Å². The largest absolute Gasteiger partial charge is 0.340 e. The van der Waals surface area contributed by atoms with Gasteiger partial charge in [-0.15, -0.1) is 12.4 Å². The van der Waals surface area contributed by atoms with E-state index in [1.807, 2.05) is 31.3 Å². The molecule has 0 aliphatic carbocycles. The van der Waals surface area contributed by atoms with Crippen LogP contribution in [0.3, 0.4) is 0 Å². The van der Waals surface area contributed by atoms with Crippen LogP contribution in [0.1, 0.15) is 12.5 Å². The Morgan fingerprint density at radius 2 is 2.19 bits per heavy atom. The van der Waals surface area contributed by atoms with Crippen molar-refractivity contribution in [2.45, 2.75) is 19.5 Å². The highest BCUT2D eigenvalue weighted by Crippen LogP contribution is 2.17. The van der Waals surface area contributed by atoms with Crippen LogP contribution in [-0.4, -0.2) is 55.0 Å². The maximum Gasteiger partial charge on any atom is 0.236 e. The highest BCUT2D eigenvalue weighted by molar-refractivity contribution is 9.10. The zero-order valence-electron chi connectivity index (χ0n) is 12.5. The van der Waals surface area contributed by atoms with Gasteiger partial charge >= 0.3 is 0 Å². The molecule has 1 heterocycles. The van der Waals surface area contributed by atoms with Gasteiger partial charge < -0.3 is 10.2 Å². The molecule has 0 radical (unpaired) electrons. The van der Waals surface area contributed by atoms with Crippen molar-refractivity contribution in [2.24, 2.45) is 0 Å². The Morgan fingerprint density at radius 1 is 1.48 bits per heavy atom. The summed E-state index contributed by atoms with van der Waals surface area (Å²) < 4.78 is 1.05. The van der Waals surface area contributed by atoms with Gasteiger partial charge in [-0.25, -0.2) is 0 Å². The minimum atomic E-state index is 0. The third kappa shape index (κ3) is 5.58. The fourth-order valence-corrected chi connectivity index (χ4v) is 2.85. The van der Waals surface area contributed by atoms with Crippen molar-refractivity contribution in [3.05, 3.63) is 34.3 Å². The third-order valence-electron chi connectivity index (χ3n) is 3.60. The molecule has 2 rings (SSSR count). The summed E-state index contributed by atoms with van der Waals surface area (Å²) >= 11 is 3.52. The lowest BCUT2D eigenvalue weighted by molar-refractivity contribution is -0.131. The number of nitrogens with zero attached hydrogens (tertiary/aromatic N) is 2. The molecule has 0 saturated carbocycles. The Labute approximate surface area is 141 Å². The van der Waals surface area contributed by atoms with E-state index in [0.717, 1.165) is 29.7 Å². The highest BCUT2D eigenvalue weighted by Gasteiger charge is 2.20. The van der Waals surface area contributed by atoms with Crippen LogP contribution in [0.15, 0.2) is 28.7 Å². The third-order valence-corrected chi connectivity index (χ3v) is 4.38. The van der Waals surface area contributed by atoms with Crippen molar-refractivity contribution in [3.63, 3.8) is 0 Å². The molecule has 1 aliphatic rings. The second-order valence-corrected chi connectivity index (χ2v) is 6.29. The second-order valence-electron chi connectivity index (χ2n) is 5.43. The lowest BCUT2D eigenvalue weighted by Crippen LogP contribution is -2.51. The maximum absolute atomic E-state index is 12.3. The van der Waals surface area contributed by atoms with Crippen molar-refractivity contribution in [1.29, 1.82) is 0 Å². The van der Waals surface area contributed by atoms with Crippen LogP contribution >= 0.6 is 28.3 Å². The maximum atomic E-state index is 12.3. The minimum Gasteiger partial charge on any atom is -0.340 e. The smallest absolute Gasteiger partial charge is 0.236 e. The number of halogens is 2. The number of hydrogen-bond acceptors (Lipinski definition) is 3. The predicted molar refractivity (Wildman–Crippen MR) is 91.8 cm³/mol. The SMILES string of the molecule is CC1CN(CC(=O)N(C)Cc2ccccc2Br)CCN1.Cl. The number of nitrogens with one attached hydrogen (secondary N) is 1. The Morgan fingerprint density at radius 3 is 2.86 bits per heavy atom. The van der Waals surface area contributed by atoms with Crippen LogP contribution in [0.5, 0.6) is 0 Å². The van der Waals surface area contributed by atoms with E-state index in [2.05, 4.69) is 33.1 Å². The molecular formula is C15H23BrClN3O. The first-order chi connectivity index (χ1) is 9.56. The van der Waals surface area contributed by atoms with Gasteiger partial charge in [0.15, 0.2) is 0 Å². The molecule has 0 aromatic heterocycles. The Kier molecular flexibility index (Phi) is 7.66. The lowest BCUT2D eigenvalue weighted by atomic mass is 10.2. The molecule has 1 atom stereocenters. The van der Waals surface area contributed by atoms with Gasteiger partial charge in [0.25, 0.3) is 0 Å². The molecular weight excluding hydrogens is 354 g/mol. The van der Waals surface area contributed by atoms with Gasteiger partial charge in [-0.1, -0.05) is 34.1 Å². The Balaban J connectivity index is 0.00000220. The highest BCUT2D eigenvalue weighted by atomic mass is 79.9. The average Bonchev–Trinajstić information content (AvgIpc) is 2.41. The molecule has 1 aromatic rings. The Hall–Kier alpha value is -0.620. The molecule has 1 N–H and O–H groups in total. The van der Waals surface area contributed by atoms with Crippen molar-refractivity contribution < 1.29 is 4.79 Å². The van der Waals surface area contributed by atoms with Gasteiger partial charge in [-0.2, -0.15) is 0 Å². The van der Waals surface area contributed by atoms with Crippen molar-refractivity contribution in [1.82, 2.24) is 15.1 Å². The zero-order chi connectivity index (χ0) is 14.5. The number of benzene rings is 1. The topological polar surface area (TPSA) is 35.6 Å². The fourth-order valence-electron chi connectivity index (χ4n) is 2.44. The van der Waals surface area contributed by atoms with Crippen LogP contribution < -0.4 is 5.32 Å². The monoisotopic (exact) mass is 375 g/mol. The normalized spacial score (nSPS) is 18.9. The summed E-state index contributed by atoms with van der Waals surface area (Å²) in [6.45, 7) is 6.15. The number of likely N-dealkylation sites (N-methyl/N-ethyl adjacent to an activating group) is 1. The summed E-state index contributed by atoms with van der Waals surface area (Å²) in [5.74, 6) is 0.176. The van der Waals surface area contributed by atoms with E-state index in [9.17, 15) is 4.79 Å². The molecule has 0 spiro atoms. The molecule has 1 fully saturated rings. The number of rotatable bonds is 4. The molecule has 21 heavy (non-hydrogen) atoms. The minimum absolute atomic E-state index is 0. The summed E-state index contributed by atoms with van der Waals surface area (Å²) in [5.41, 5.74) is 1.14. The Bertz CT molecular complexity index is 472. The first kappa shape index (κ1) is 18.4. The number of carbonyl (C=O) groups excluding carboxylic acids is 1. The van der Waals surface area contributed by atoms with Crippen LogP contribution in [0.2, 0.25) is 0 Å². The lowest BCUT2D eigenvalue weighted by Gasteiger charge is -2.32. The van der Waals surface area contributed by atoms with E-state index in [0.29, 0.717) is 19.1 Å². The molecule has 0 bridgehead atoms. The molecule has 118 valence electrons. The van der Waals surface area contributed by atoms with Crippen molar-refractivity contribution in [3.8, 4) is 0 Å². The molecule has 1 aliphatic heterocycles. The summed E-state index contributed by atoms with van der Waals surface area (Å²) in [6, 6.07) is 8.49. The van der Waals surface area contributed by atoms with E-state index in [1.165, 1.54) is 0 Å². The second kappa shape index (κ2) is 8.73. The van der Waals surface area contributed by atoms with E-state index >= 15 is 0 Å². The van der Waals surface area contributed by atoms with Crippen LogP contribution in [-0.2, 0) is 11.3 Å². The quantitative estimate of drug-likeness (QED) is 0.874. The molecule has 1 amide bonds. The summed E-state index contributed by atoms with van der Waals surface area (Å²) in [6.07, 6.45) is 0. The van der Waals surface area contributed by atoms with Gasteiger partial charge in [0.2, 0.25) is 5.91 Å². The first-order valence-corrected chi connectivity index (χ1v) is 7.78. The first-order valence-electron chi connectivity index (χ1n) is 6.99. The predicted octanol–water partition coefficient (Wildman–Crippen LogP) is 2.12. The molecule has 1 unspecified atom stereocenters. The van der Waals surface area contributed by atoms with E-state index < -0.39 is 0 Å². The van der Waals surface area contributed by atoms with Crippen LogP contribution in [0.25, 0.3) is 0 Å². The summed E-state index contributed by atoms with van der Waals surface area (Å²) in [7, 11) is 1.87. The standard InChI is InChI=1S/C15H22BrN3O.ClH/c1-12-9-19(8-7-17-12)11-15(20)18(2)10-13-5-3-4-6-14(13)16;/h3-6,12,17H,7-11H2,1-2H3;1H. The van der Waals surface area contributed by atoms with Gasteiger partial charge in [-0.05, 0) is 18.6 Å². The average molecular weight is 377 g/mol. The van der Waals surface area contributed by atoms with Gasteiger partial charge in [-0.3, -0.25) is 9.69 Å². The molecule has 1 aromatic carbocycles. The van der Waals surface area contributed by atoms with E-state index in [4.69, 9.17) is 0 Å². The van der Waals surface area contributed by atoms with Crippen molar-refractivity contribution in [2.75, 3.05) is 33.2 Å². The number of hydrogen-bond donors (Lipinski definition) is 1. The summed E-state index contributed by atoms with van der Waals surface area (Å²) in [4.78, 5) is 16.3. The van der Waals surface area contributed by atoms with Crippen LogP contribution in [0, 0.1) is 0 Å². The van der Waals surface area contributed by atoms with Gasteiger partial charge in [0.1, 0.15) is 0 Å². The van der Waals surface area contributed by atoms with Gasteiger partial charge in [0, 0.05) is 43.7 Å². The number of amides is 1. The van der Waals surface area contributed by atoms with Crippen LogP contribution in [0.4, 0.5) is 0 Å². The summed E-state index contributed by atoms with van der Waals surface area (Å²) in [5, 5.41) is 3.39. The van der Waals surface area contributed by atoms with Crippen molar-refractivity contribution >= 4 is 34.2 Å². The van der Waals surface area contributed by atoms with E-state index in [1.54, 1.807) is 4.90 Å². The molecule has 4 nitrogen and oxygen atoms in total. The number of carbonyl (C=O) groups is 1. The zero-order valence-corrected chi connectivity index (χ0v) is 14.9. The van der Waals surface area contributed by atoms with E-state index in [-0.39, 0.29) is 18.3 Å². The molecule has 1 saturated heterocycles. The molecule has 6 heteroatoms.